The summed E-state index contributed by atoms with van der Waals surface area (Å²) >= 11 is 0. The highest BCUT2D eigenvalue weighted by atomic mass is 16.5. The molecule has 1 aliphatic rings. The molecule has 0 saturated heterocycles. The lowest BCUT2D eigenvalue weighted by Crippen LogP contribution is -2.50. The van der Waals surface area contributed by atoms with E-state index in [2.05, 4.69) is 18.7 Å². The van der Waals surface area contributed by atoms with Crippen molar-refractivity contribution in [3.63, 3.8) is 0 Å². The summed E-state index contributed by atoms with van der Waals surface area (Å²) < 4.78 is 4.96. The Morgan fingerprint density at radius 2 is 1.74 bits per heavy atom. The molecule has 6 nitrogen and oxygen atoms in total. The van der Waals surface area contributed by atoms with Crippen molar-refractivity contribution in [2.24, 2.45) is 0 Å². The monoisotopic (exact) mass is 374 g/mol. The Morgan fingerprint density at radius 1 is 1.11 bits per heavy atom. The van der Waals surface area contributed by atoms with Gasteiger partial charge >= 0.3 is 11.9 Å². The average molecular weight is 374 g/mol. The van der Waals surface area contributed by atoms with Gasteiger partial charge in [-0.05, 0) is 18.4 Å². The topological polar surface area (TPSA) is 70.1 Å². The van der Waals surface area contributed by atoms with Gasteiger partial charge in [0.2, 0.25) is 0 Å². The van der Waals surface area contributed by atoms with Crippen LogP contribution in [0.1, 0.15) is 51.3 Å². The van der Waals surface area contributed by atoms with Gasteiger partial charge in [0, 0.05) is 19.6 Å². The van der Waals surface area contributed by atoms with Crippen molar-refractivity contribution in [1.29, 1.82) is 0 Å². The zero-order valence-corrected chi connectivity index (χ0v) is 16.5. The summed E-state index contributed by atoms with van der Waals surface area (Å²) in [4.78, 5) is 28.6. The van der Waals surface area contributed by atoms with Gasteiger partial charge in [-0.1, -0.05) is 57.0 Å². The van der Waals surface area contributed by atoms with Gasteiger partial charge in [-0.2, -0.15) is 0 Å². The average Bonchev–Trinajstić information content (AvgIpc) is 2.69. The first-order chi connectivity index (χ1) is 13.0. The highest BCUT2D eigenvalue weighted by Gasteiger charge is 2.40. The van der Waals surface area contributed by atoms with Gasteiger partial charge in [0.05, 0.1) is 12.7 Å². The number of hydrogen-bond donors (Lipinski definition) is 1. The highest BCUT2D eigenvalue weighted by molar-refractivity contribution is 5.99. The molecule has 1 aromatic rings. The van der Waals surface area contributed by atoms with Gasteiger partial charge in [-0.25, -0.2) is 9.59 Å². The number of nitrogens with zero attached hydrogens (tertiary/aromatic N) is 2. The maximum Gasteiger partial charge on any atom is 0.355 e. The SMILES string of the molecule is CCCCN1CC(C(=O)O)=C(C(=O)OC)N(CCCC)C1c1ccccc1. The number of carboxylic acids is 1. The zero-order valence-electron chi connectivity index (χ0n) is 16.5. The van der Waals surface area contributed by atoms with Crippen LogP contribution < -0.4 is 0 Å². The molecule has 0 saturated carbocycles. The molecule has 0 bridgehead atoms. The zero-order chi connectivity index (χ0) is 19.8. The lowest BCUT2D eigenvalue weighted by atomic mass is 10.0. The van der Waals surface area contributed by atoms with Crippen LogP contribution in [0.4, 0.5) is 0 Å². The van der Waals surface area contributed by atoms with Gasteiger partial charge < -0.3 is 14.7 Å². The maximum absolute atomic E-state index is 12.5. The predicted molar refractivity (Wildman–Crippen MR) is 104 cm³/mol. The normalized spacial score (nSPS) is 17.9. The molecule has 1 atom stereocenters. The van der Waals surface area contributed by atoms with Crippen LogP contribution in [0.15, 0.2) is 41.6 Å². The second-order valence-electron chi connectivity index (χ2n) is 6.78. The van der Waals surface area contributed by atoms with Gasteiger partial charge in [-0.15, -0.1) is 0 Å². The molecule has 1 N–H and O–H groups in total. The van der Waals surface area contributed by atoms with Crippen LogP contribution in [-0.4, -0.2) is 53.6 Å². The van der Waals surface area contributed by atoms with Gasteiger partial charge in [0.15, 0.2) is 0 Å². The van der Waals surface area contributed by atoms with Crippen LogP contribution in [0, 0.1) is 0 Å². The smallest absolute Gasteiger partial charge is 0.355 e. The molecular formula is C21H30N2O4. The maximum atomic E-state index is 12.5. The van der Waals surface area contributed by atoms with Gasteiger partial charge in [0.1, 0.15) is 11.9 Å². The standard InChI is InChI=1S/C21H30N2O4/c1-4-6-13-22-15-17(20(24)25)18(21(26)27-3)23(14-7-5-2)19(22)16-11-9-8-10-12-16/h8-12,19H,4-7,13-15H2,1-3H3,(H,24,25). The minimum Gasteiger partial charge on any atom is -0.478 e. The van der Waals surface area contributed by atoms with Crippen molar-refractivity contribution in [1.82, 2.24) is 9.80 Å². The Bertz CT molecular complexity index is 672. The number of rotatable bonds is 9. The quantitative estimate of drug-likeness (QED) is 0.668. The molecule has 1 aromatic carbocycles. The summed E-state index contributed by atoms with van der Waals surface area (Å²) in [6, 6.07) is 9.96. The third-order valence-electron chi connectivity index (χ3n) is 4.86. The Kier molecular flexibility index (Phi) is 7.85. The third-order valence-corrected chi connectivity index (χ3v) is 4.86. The summed E-state index contributed by atoms with van der Waals surface area (Å²) in [7, 11) is 1.30. The molecule has 2 rings (SSSR count). The number of methoxy groups -OCH3 is 1. The Hall–Kier alpha value is -2.34. The molecule has 0 fully saturated rings. The van der Waals surface area contributed by atoms with Crippen LogP contribution in [0.3, 0.4) is 0 Å². The summed E-state index contributed by atoms with van der Waals surface area (Å²) in [5.74, 6) is -1.65. The van der Waals surface area contributed by atoms with Crippen molar-refractivity contribution < 1.29 is 19.4 Å². The fourth-order valence-corrected chi connectivity index (χ4v) is 3.50. The summed E-state index contributed by atoms with van der Waals surface area (Å²) in [5.41, 5.74) is 1.34. The number of aliphatic carboxylic acids is 1. The summed E-state index contributed by atoms with van der Waals surface area (Å²) in [6.07, 6.45) is 3.61. The van der Waals surface area contributed by atoms with Crippen molar-refractivity contribution in [3.8, 4) is 0 Å². The molecule has 0 aliphatic carbocycles. The lowest BCUT2D eigenvalue weighted by molar-refractivity contribution is -0.142. The fraction of sp³-hybridized carbons (Fsp3) is 0.524. The number of carbonyl (C=O) groups excluding carboxylic acids is 1. The van der Waals surface area contributed by atoms with E-state index in [9.17, 15) is 14.7 Å². The first-order valence-corrected chi connectivity index (χ1v) is 9.65. The molecule has 0 radical (unpaired) electrons. The second kappa shape index (κ2) is 10.1. The van der Waals surface area contributed by atoms with E-state index < -0.39 is 11.9 Å². The Labute approximate surface area is 161 Å². The Balaban J connectivity index is 2.59. The number of carbonyl (C=O) groups is 2. The van der Waals surface area contributed by atoms with E-state index in [0.717, 1.165) is 37.8 Å². The minimum atomic E-state index is -1.06. The van der Waals surface area contributed by atoms with Gasteiger partial charge in [-0.3, -0.25) is 4.90 Å². The number of esters is 1. The van der Waals surface area contributed by atoms with Crippen molar-refractivity contribution >= 4 is 11.9 Å². The minimum absolute atomic E-state index is 0.112. The Morgan fingerprint density at radius 3 is 2.30 bits per heavy atom. The fourth-order valence-electron chi connectivity index (χ4n) is 3.50. The molecule has 1 heterocycles. The molecule has 1 unspecified atom stereocenters. The van der Waals surface area contributed by atoms with Crippen LogP contribution in [0.5, 0.6) is 0 Å². The number of carboxylic acid groups (broad SMARTS) is 1. The lowest BCUT2D eigenvalue weighted by Gasteiger charge is -2.46. The van der Waals surface area contributed by atoms with E-state index in [1.165, 1.54) is 7.11 Å². The predicted octanol–water partition coefficient (Wildman–Crippen LogP) is 3.41. The highest BCUT2D eigenvalue weighted by Crippen LogP contribution is 2.36. The first-order valence-electron chi connectivity index (χ1n) is 9.65. The van der Waals surface area contributed by atoms with E-state index >= 15 is 0 Å². The largest absolute Gasteiger partial charge is 0.478 e. The number of ether oxygens (including phenoxy) is 1. The molecule has 1 aliphatic heterocycles. The van der Waals surface area contributed by atoms with Crippen LogP contribution in [-0.2, 0) is 14.3 Å². The molecular weight excluding hydrogens is 344 g/mol. The van der Waals surface area contributed by atoms with Crippen molar-refractivity contribution in [2.45, 2.75) is 45.7 Å². The molecule has 27 heavy (non-hydrogen) atoms. The molecule has 0 aromatic heterocycles. The second-order valence-corrected chi connectivity index (χ2v) is 6.78. The van der Waals surface area contributed by atoms with E-state index in [0.29, 0.717) is 6.54 Å². The molecule has 0 spiro atoms. The van der Waals surface area contributed by atoms with Crippen LogP contribution in [0.25, 0.3) is 0 Å². The van der Waals surface area contributed by atoms with E-state index in [1.807, 2.05) is 35.2 Å². The molecule has 148 valence electrons. The van der Waals surface area contributed by atoms with E-state index in [4.69, 9.17) is 4.74 Å². The van der Waals surface area contributed by atoms with Crippen LogP contribution >= 0.6 is 0 Å². The summed E-state index contributed by atoms with van der Waals surface area (Å²) in [6.45, 7) is 5.78. The van der Waals surface area contributed by atoms with Crippen LogP contribution in [0.2, 0.25) is 0 Å². The number of hydrogen-bond acceptors (Lipinski definition) is 5. The van der Waals surface area contributed by atoms with E-state index in [1.54, 1.807) is 0 Å². The van der Waals surface area contributed by atoms with Gasteiger partial charge in [0.25, 0.3) is 0 Å². The number of unbranched alkanes of at least 4 members (excludes halogenated alkanes) is 2. The van der Waals surface area contributed by atoms with Crippen molar-refractivity contribution in [3.05, 3.63) is 47.2 Å². The molecule has 0 amide bonds. The molecule has 6 heteroatoms. The third kappa shape index (κ3) is 4.89. The number of benzene rings is 1. The van der Waals surface area contributed by atoms with Crippen molar-refractivity contribution in [2.75, 3.05) is 26.7 Å². The summed E-state index contributed by atoms with van der Waals surface area (Å²) in [5, 5.41) is 9.78. The first kappa shape index (κ1) is 21.0. The van der Waals surface area contributed by atoms with E-state index in [-0.39, 0.29) is 24.0 Å².